The number of Topliss-reactive ketones (excluding diaryl/α,β-unsaturated/α-hetero) is 1. The maximum atomic E-state index is 12.9. The van der Waals surface area contributed by atoms with Gasteiger partial charge in [-0.05, 0) is 44.3 Å². The number of carbonyl (C=O) groups is 3. The molecule has 3 aliphatic rings. The lowest BCUT2D eigenvalue weighted by atomic mass is 9.83. The molecule has 1 aliphatic carbocycles. The highest BCUT2D eigenvalue weighted by molar-refractivity contribution is 6.11. The molecule has 0 saturated carbocycles. The quantitative estimate of drug-likeness (QED) is 0.586. The highest BCUT2D eigenvalue weighted by Gasteiger charge is 2.54. The van der Waals surface area contributed by atoms with Gasteiger partial charge in [0.15, 0.2) is 5.78 Å². The molecule has 6 nitrogen and oxygen atoms in total. The molecular weight excluding hydrogens is 294 g/mol. The number of carbonyl (C=O) groups excluding carboxylic acids is 3. The summed E-state index contributed by atoms with van der Waals surface area (Å²) in [7, 11) is 1.63. The summed E-state index contributed by atoms with van der Waals surface area (Å²) in [6.07, 6.45) is 10.9. The van der Waals surface area contributed by atoms with Crippen LogP contribution < -0.4 is 0 Å². The molecular formula is C17H21N3O3. The molecule has 23 heavy (non-hydrogen) atoms. The third-order valence-electron chi connectivity index (χ3n) is 5.04. The number of urea groups is 1. The van der Waals surface area contributed by atoms with E-state index in [-0.39, 0.29) is 18.2 Å². The minimum absolute atomic E-state index is 0.225. The van der Waals surface area contributed by atoms with E-state index < -0.39 is 17.6 Å². The van der Waals surface area contributed by atoms with Crippen LogP contribution in [-0.4, -0.2) is 58.9 Å². The van der Waals surface area contributed by atoms with Crippen molar-refractivity contribution in [1.82, 2.24) is 9.80 Å². The molecule has 6 heteroatoms. The number of likely N-dealkylation sites (N-methyl/N-ethyl adjacent to an activating group) is 1. The number of allylic oxidation sites excluding steroid dienone is 2. The van der Waals surface area contributed by atoms with E-state index >= 15 is 0 Å². The number of amides is 3. The van der Waals surface area contributed by atoms with Gasteiger partial charge >= 0.3 is 6.03 Å². The fraction of sp³-hybridized carbons (Fsp3) is 0.529. The van der Waals surface area contributed by atoms with E-state index in [0.717, 1.165) is 36.2 Å². The molecule has 1 fully saturated rings. The summed E-state index contributed by atoms with van der Waals surface area (Å²) in [5, 5.41) is 0. The van der Waals surface area contributed by atoms with Crippen LogP contribution >= 0.6 is 0 Å². The van der Waals surface area contributed by atoms with Gasteiger partial charge in [-0.25, -0.2) is 4.79 Å². The predicted octanol–water partition coefficient (Wildman–Crippen LogP) is 1.72. The second-order valence-corrected chi connectivity index (χ2v) is 6.37. The largest absolute Gasteiger partial charge is 0.328 e. The van der Waals surface area contributed by atoms with Crippen LogP contribution in [0.15, 0.2) is 28.8 Å². The monoisotopic (exact) mass is 315 g/mol. The predicted molar refractivity (Wildman–Crippen MR) is 86.3 cm³/mol. The average Bonchev–Trinajstić information content (AvgIpc) is 3.16. The van der Waals surface area contributed by atoms with E-state index in [0.29, 0.717) is 0 Å². The molecule has 0 aromatic heterocycles. The molecule has 0 aromatic rings. The van der Waals surface area contributed by atoms with E-state index in [1.54, 1.807) is 32.3 Å². The van der Waals surface area contributed by atoms with Crippen LogP contribution in [0.4, 0.5) is 4.79 Å². The van der Waals surface area contributed by atoms with Crippen LogP contribution in [0.5, 0.6) is 0 Å². The highest BCUT2D eigenvalue weighted by Crippen LogP contribution is 2.37. The second kappa shape index (κ2) is 5.76. The lowest BCUT2D eigenvalue weighted by Gasteiger charge is -2.33. The Hall–Kier alpha value is -2.24. The van der Waals surface area contributed by atoms with Crippen molar-refractivity contribution in [3.63, 3.8) is 0 Å². The number of hydrogen-bond acceptors (Lipinski definition) is 4. The number of rotatable bonds is 4. The topological polar surface area (TPSA) is 70.1 Å². The van der Waals surface area contributed by atoms with Gasteiger partial charge in [-0.2, -0.15) is 0 Å². The zero-order valence-electron chi connectivity index (χ0n) is 13.5. The maximum Gasteiger partial charge on any atom is 0.328 e. The normalized spacial score (nSPS) is 30.3. The van der Waals surface area contributed by atoms with Gasteiger partial charge in [0.2, 0.25) is 0 Å². The molecule has 3 amide bonds. The van der Waals surface area contributed by atoms with Gasteiger partial charge < -0.3 is 4.90 Å². The molecule has 0 aromatic carbocycles. The summed E-state index contributed by atoms with van der Waals surface area (Å²) in [5.74, 6) is -0.551. The summed E-state index contributed by atoms with van der Waals surface area (Å²) >= 11 is 0. The van der Waals surface area contributed by atoms with E-state index in [1.165, 1.54) is 4.90 Å². The smallest absolute Gasteiger partial charge is 0.309 e. The molecule has 122 valence electrons. The minimum Gasteiger partial charge on any atom is -0.309 e. The van der Waals surface area contributed by atoms with Crippen molar-refractivity contribution in [2.45, 2.75) is 44.2 Å². The Bertz CT molecular complexity index is 637. The molecule has 2 heterocycles. The number of nitrogens with zero attached hydrogens (tertiary/aromatic N) is 3. The first-order valence-corrected chi connectivity index (χ1v) is 7.98. The van der Waals surface area contributed by atoms with Crippen molar-refractivity contribution in [3.8, 4) is 0 Å². The summed E-state index contributed by atoms with van der Waals surface area (Å²) < 4.78 is 0. The highest BCUT2D eigenvalue weighted by atomic mass is 16.2. The fourth-order valence-electron chi connectivity index (χ4n) is 3.42. The fourth-order valence-corrected chi connectivity index (χ4v) is 3.42. The average molecular weight is 315 g/mol. The van der Waals surface area contributed by atoms with Gasteiger partial charge in [0, 0.05) is 13.3 Å². The SMILES string of the molecule is CN1C(=O)N(CC(=O)C2C=CC=N2)C(=O)C1(C)C1=CCCCC1. The van der Waals surface area contributed by atoms with Crippen LogP contribution in [0, 0.1) is 0 Å². The molecule has 0 spiro atoms. The van der Waals surface area contributed by atoms with Crippen LogP contribution in [-0.2, 0) is 9.59 Å². The molecule has 2 atom stereocenters. The molecule has 0 bridgehead atoms. The van der Waals surface area contributed by atoms with Gasteiger partial charge in [0.05, 0.1) is 6.54 Å². The van der Waals surface area contributed by atoms with Gasteiger partial charge in [-0.15, -0.1) is 0 Å². The van der Waals surface area contributed by atoms with Crippen molar-refractivity contribution in [3.05, 3.63) is 23.8 Å². The summed E-state index contributed by atoms with van der Waals surface area (Å²) in [6.45, 7) is 1.56. The Morgan fingerprint density at radius 2 is 2.17 bits per heavy atom. The zero-order valence-corrected chi connectivity index (χ0v) is 13.5. The summed E-state index contributed by atoms with van der Waals surface area (Å²) in [6, 6.07) is -0.995. The number of ketones is 1. The van der Waals surface area contributed by atoms with Crippen LogP contribution in [0.1, 0.15) is 32.6 Å². The lowest BCUT2D eigenvalue weighted by Crippen LogP contribution is -2.47. The van der Waals surface area contributed by atoms with E-state index in [4.69, 9.17) is 0 Å². The third kappa shape index (κ3) is 2.42. The van der Waals surface area contributed by atoms with Gasteiger partial charge in [-0.1, -0.05) is 12.2 Å². The Balaban J connectivity index is 1.83. The van der Waals surface area contributed by atoms with Gasteiger partial charge in [0.1, 0.15) is 11.6 Å². The number of aliphatic imine (C=N–C) groups is 1. The van der Waals surface area contributed by atoms with Gasteiger partial charge in [-0.3, -0.25) is 19.5 Å². The number of hydrogen-bond donors (Lipinski definition) is 0. The third-order valence-corrected chi connectivity index (χ3v) is 5.04. The minimum atomic E-state index is -0.966. The Morgan fingerprint density at radius 3 is 2.78 bits per heavy atom. The van der Waals surface area contributed by atoms with Crippen molar-refractivity contribution in [2.75, 3.05) is 13.6 Å². The van der Waals surface area contributed by atoms with Crippen LogP contribution in [0.2, 0.25) is 0 Å². The Kier molecular flexibility index (Phi) is 3.92. The lowest BCUT2D eigenvalue weighted by molar-refractivity contribution is -0.134. The zero-order chi connectivity index (χ0) is 16.6. The van der Waals surface area contributed by atoms with Crippen molar-refractivity contribution in [1.29, 1.82) is 0 Å². The van der Waals surface area contributed by atoms with Crippen molar-refractivity contribution in [2.24, 2.45) is 4.99 Å². The second-order valence-electron chi connectivity index (χ2n) is 6.37. The van der Waals surface area contributed by atoms with Crippen LogP contribution in [0.25, 0.3) is 0 Å². The Morgan fingerprint density at radius 1 is 1.39 bits per heavy atom. The molecule has 2 aliphatic heterocycles. The first kappa shape index (κ1) is 15.6. The molecule has 2 unspecified atom stereocenters. The summed E-state index contributed by atoms with van der Waals surface area (Å²) in [5.41, 5.74) is 0.0189. The summed E-state index contributed by atoms with van der Waals surface area (Å²) in [4.78, 5) is 44.2. The van der Waals surface area contributed by atoms with Crippen LogP contribution in [0.3, 0.4) is 0 Å². The number of imide groups is 1. The molecule has 0 N–H and O–H groups in total. The van der Waals surface area contributed by atoms with E-state index in [2.05, 4.69) is 11.1 Å². The standard InChI is InChI=1S/C17H21N3O3/c1-17(12-7-4-3-5-8-12)15(22)20(16(23)19(17)2)11-14(21)13-9-6-10-18-13/h6-7,9-10,13H,3-5,8,11H2,1-2H3. The van der Waals surface area contributed by atoms with E-state index in [1.807, 2.05) is 0 Å². The van der Waals surface area contributed by atoms with Crippen molar-refractivity contribution < 1.29 is 14.4 Å². The maximum absolute atomic E-state index is 12.9. The van der Waals surface area contributed by atoms with Crippen molar-refractivity contribution >= 4 is 23.9 Å². The first-order valence-electron chi connectivity index (χ1n) is 7.98. The first-order chi connectivity index (χ1) is 11.0. The van der Waals surface area contributed by atoms with Gasteiger partial charge in [0.25, 0.3) is 5.91 Å². The molecule has 0 radical (unpaired) electrons. The molecule has 1 saturated heterocycles. The Labute approximate surface area is 135 Å². The van der Waals surface area contributed by atoms with E-state index in [9.17, 15) is 14.4 Å². The molecule has 3 rings (SSSR count).